The maximum absolute atomic E-state index is 12.6. The number of rotatable bonds is 2. The van der Waals surface area contributed by atoms with Gasteiger partial charge in [-0.05, 0) is 36.4 Å². The molecule has 3 rings (SSSR count). The van der Waals surface area contributed by atoms with Crippen molar-refractivity contribution in [2.45, 2.75) is 6.18 Å². The van der Waals surface area contributed by atoms with E-state index in [2.05, 4.69) is 0 Å². The Labute approximate surface area is 130 Å². The Morgan fingerprint density at radius 1 is 1.04 bits per heavy atom. The van der Waals surface area contributed by atoms with Crippen molar-refractivity contribution >= 4 is 11.6 Å². The van der Waals surface area contributed by atoms with Gasteiger partial charge in [0.05, 0.1) is 5.56 Å². The van der Waals surface area contributed by atoms with E-state index in [0.717, 1.165) is 24.3 Å². The maximum Gasteiger partial charge on any atom is 0.416 e. The number of halogens is 3. The van der Waals surface area contributed by atoms with Crippen LogP contribution < -0.4 is 14.4 Å². The molecule has 0 unspecified atom stereocenters. The lowest BCUT2D eigenvalue weighted by Gasteiger charge is -2.18. The molecule has 0 atom stereocenters. The van der Waals surface area contributed by atoms with Gasteiger partial charge in [-0.1, -0.05) is 0 Å². The number of hydrogen-bond acceptors (Lipinski definition) is 3. The number of amides is 1. The normalized spacial score (nSPS) is 13.0. The smallest absolute Gasteiger partial charge is 0.416 e. The highest BCUT2D eigenvalue weighted by molar-refractivity contribution is 6.05. The van der Waals surface area contributed by atoms with Gasteiger partial charge >= 0.3 is 6.18 Å². The lowest BCUT2D eigenvalue weighted by atomic mass is 10.1. The minimum atomic E-state index is -4.43. The van der Waals surface area contributed by atoms with Crippen LogP contribution in [0.25, 0.3) is 0 Å². The molecule has 0 radical (unpaired) electrons. The first-order valence-corrected chi connectivity index (χ1v) is 6.71. The highest BCUT2D eigenvalue weighted by Gasteiger charge is 2.30. The molecule has 2 aromatic rings. The van der Waals surface area contributed by atoms with Crippen LogP contribution in [0.15, 0.2) is 42.5 Å². The maximum atomic E-state index is 12.6. The van der Waals surface area contributed by atoms with Gasteiger partial charge in [-0.2, -0.15) is 13.2 Å². The molecule has 1 aliphatic rings. The third-order valence-electron chi connectivity index (χ3n) is 3.51. The van der Waals surface area contributed by atoms with Crippen LogP contribution in [0.5, 0.6) is 11.5 Å². The van der Waals surface area contributed by atoms with Crippen molar-refractivity contribution in [1.82, 2.24) is 0 Å². The van der Waals surface area contributed by atoms with Gasteiger partial charge < -0.3 is 14.4 Å². The van der Waals surface area contributed by atoms with Gasteiger partial charge in [0.2, 0.25) is 6.79 Å². The summed E-state index contributed by atoms with van der Waals surface area (Å²) in [6, 6.07) is 9.10. The molecule has 0 aliphatic carbocycles. The second-order valence-corrected chi connectivity index (χ2v) is 4.98. The van der Waals surface area contributed by atoms with E-state index in [1.165, 1.54) is 11.9 Å². The summed E-state index contributed by atoms with van der Waals surface area (Å²) < 4.78 is 48.1. The second kappa shape index (κ2) is 5.49. The van der Waals surface area contributed by atoms with Gasteiger partial charge in [0.1, 0.15) is 0 Å². The number of fused-ring (bicyclic) bond motifs is 1. The Bertz CT molecular complexity index is 741. The van der Waals surface area contributed by atoms with Gasteiger partial charge in [-0.3, -0.25) is 4.79 Å². The Morgan fingerprint density at radius 2 is 1.70 bits per heavy atom. The zero-order valence-corrected chi connectivity index (χ0v) is 12.1. The molecule has 0 aromatic heterocycles. The highest BCUT2D eigenvalue weighted by Crippen LogP contribution is 2.35. The number of benzene rings is 2. The summed E-state index contributed by atoms with van der Waals surface area (Å²) in [6.07, 6.45) is -4.43. The van der Waals surface area contributed by atoms with E-state index in [-0.39, 0.29) is 12.4 Å². The van der Waals surface area contributed by atoms with E-state index in [9.17, 15) is 18.0 Å². The van der Waals surface area contributed by atoms with Crippen LogP contribution in [0.2, 0.25) is 0 Å². The van der Waals surface area contributed by atoms with E-state index in [1.54, 1.807) is 18.2 Å². The van der Waals surface area contributed by atoms with Gasteiger partial charge in [-0.15, -0.1) is 0 Å². The molecule has 2 aromatic carbocycles. The van der Waals surface area contributed by atoms with E-state index in [4.69, 9.17) is 9.47 Å². The lowest BCUT2D eigenvalue weighted by Crippen LogP contribution is -2.26. The minimum absolute atomic E-state index is 0.120. The van der Waals surface area contributed by atoms with E-state index < -0.39 is 17.6 Å². The van der Waals surface area contributed by atoms with Crippen LogP contribution in [0.1, 0.15) is 15.9 Å². The molecule has 1 aliphatic heterocycles. The van der Waals surface area contributed by atoms with Crippen molar-refractivity contribution in [3.8, 4) is 11.5 Å². The summed E-state index contributed by atoms with van der Waals surface area (Å²) in [5.41, 5.74) is -0.0721. The van der Waals surface area contributed by atoms with Crippen molar-refractivity contribution in [1.29, 1.82) is 0 Å². The quantitative estimate of drug-likeness (QED) is 0.846. The first-order chi connectivity index (χ1) is 10.9. The molecule has 0 bridgehead atoms. The molecule has 0 saturated carbocycles. The van der Waals surface area contributed by atoms with Crippen LogP contribution in [0.4, 0.5) is 18.9 Å². The first kappa shape index (κ1) is 15.2. The topological polar surface area (TPSA) is 38.8 Å². The molecule has 0 N–H and O–H groups in total. The summed E-state index contributed by atoms with van der Waals surface area (Å²) in [5, 5.41) is 0. The number of ether oxygens (including phenoxy) is 2. The van der Waals surface area contributed by atoms with Gasteiger partial charge in [-0.25, -0.2) is 0 Å². The SMILES string of the molecule is CN(C(=O)c1ccc(C(F)(F)F)cc1)c1ccc2c(c1)OCO2. The lowest BCUT2D eigenvalue weighted by molar-refractivity contribution is -0.137. The minimum Gasteiger partial charge on any atom is -0.454 e. The van der Waals surface area contributed by atoms with Gasteiger partial charge in [0.25, 0.3) is 5.91 Å². The molecule has 4 nitrogen and oxygen atoms in total. The molecule has 23 heavy (non-hydrogen) atoms. The Balaban J connectivity index is 1.82. The predicted octanol–water partition coefficient (Wildman–Crippen LogP) is 3.71. The van der Waals surface area contributed by atoms with Crippen LogP contribution >= 0.6 is 0 Å². The fraction of sp³-hybridized carbons (Fsp3) is 0.188. The molecular formula is C16H12F3NO3. The van der Waals surface area contributed by atoms with Crippen LogP contribution in [0, 0.1) is 0 Å². The zero-order valence-electron chi connectivity index (χ0n) is 12.1. The summed E-state index contributed by atoms with van der Waals surface area (Å²) >= 11 is 0. The highest BCUT2D eigenvalue weighted by atomic mass is 19.4. The Kier molecular flexibility index (Phi) is 3.63. The Morgan fingerprint density at radius 3 is 2.35 bits per heavy atom. The molecule has 0 saturated heterocycles. The van der Waals surface area contributed by atoms with E-state index in [1.807, 2.05) is 0 Å². The van der Waals surface area contributed by atoms with Crippen LogP contribution in [-0.4, -0.2) is 19.7 Å². The molecule has 0 fully saturated rings. The monoisotopic (exact) mass is 323 g/mol. The fourth-order valence-corrected chi connectivity index (χ4v) is 2.21. The predicted molar refractivity (Wildman–Crippen MR) is 76.7 cm³/mol. The van der Waals surface area contributed by atoms with E-state index in [0.29, 0.717) is 17.2 Å². The van der Waals surface area contributed by atoms with Gasteiger partial charge in [0.15, 0.2) is 11.5 Å². The fourth-order valence-electron chi connectivity index (χ4n) is 2.21. The number of anilines is 1. The number of alkyl halides is 3. The second-order valence-electron chi connectivity index (χ2n) is 4.98. The van der Waals surface area contributed by atoms with Crippen LogP contribution in [-0.2, 0) is 6.18 Å². The van der Waals surface area contributed by atoms with Gasteiger partial charge in [0, 0.05) is 24.4 Å². The third kappa shape index (κ3) is 2.94. The summed E-state index contributed by atoms with van der Waals surface area (Å²) in [4.78, 5) is 13.7. The number of hydrogen-bond donors (Lipinski definition) is 0. The van der Waals surface area contributed by atoms with Crippen molar-refractivity contribution in [3.05, 3.63) is 53.6 Å². The number of nitrogens with zero attached hydrogens (tertiary/aromatic N) is 1. The molecular weight excluding hydrogens is 311 g/mol. The summed E-state index contributed by atoms with van der Waals surface area (Å²) in [5.74, 6) is 0.691. The number of carbonyl (C=O) groups is 1. The first-order valence-electron chi connectivity index (χ1n) is 6.71. The molecule has 1 amide bonds. The zero-order chi connectivity index (χ0) is 16.6. The van der Waals surface area contributed by atoms with Crippen molar-refractivity contribution in [2.24, 2.45) is 0 Å². The van der Waals surface area contributed by atoms with Crippen molar-refractivity contribution in [2.75, 3.05) is 18.7 Å². The van der Waals surface area contributed by atoms with Crippen molar-refractivity contribution < 1.29 is 27.4 Å². The molecule has 0 spiro atoms. The third-order valence-corrected chi connectivity index (χ3v) is 3.51. The van der Waals surface area contributed by atoms with Crippen molar-refractivity contribution in [3.63, 3.8) is 0 Å². The summed E-state index contributed by atoms with van der Waals surface area (Å²) in [7, 11) is 1.54. The standard InChI is InChI=1S/C16H12F3NO3/c1-20(12-6-7-13-14(8-12)23-9-22-13)15(21)10-2-4-11(5-3-10)16(17,18)19/h2-8H,9H2,1H3. The molecule has 7 heteroatoms. The van der Waals surface area contributed by atoms with E-state index >= 15 is 0 Å². The van der Waals surface area contributed by atoms with Crippen LogP contribution in [0.3, 0.4) is 0 Å². The molecule has 1 heterocycles. The summed E-state index contributed by atoms with van der Waals surface area (Å²) in [6.45, 7) is 0.120. The Hall–Kier alpha value is -2.70. The average Bonchev–Trinajstić information content (AvgIpc) is 3.00. The molecule has 120 valence electrons. The largest absolute Gasteiger partial charge is 0.454 e. The average molecular weight is 323 g/mol. The number of carbonyl (C=O) groups excluding carboxylic acids is 1.